The van der Waals surface area contributed by atoms with Gasteiger partial charge in [-0.2, -0.15) is 0 Å². The number of rotatable bonds is 10. The quantitative estimate of drug-likeness (QED) is 0.182. The molecular weight excluding hydrogens is 584 g/mol. The zero-order valence-electron chi connectivity index (χ0n) is 24.6. The number of halogens is 1. The smallest absolute Gasteiger partial charge is 0.277 e. The predicted octanol–water partition coefficient (Wildman–Crippen LogP) is 6.66. The Labute approximate surface area is 258 Å². The normalized spacial score (nSPS) is 16.1. The lowest BCUT2D eigenvalue weighted by molar-refractivity contribution is -0.124. The van der Waals surface area contributed by atoms with Crippen LogP contribution >= 0.6 is 23.1 Å². The molecule has 0 fully saturated rings. The first kappa shape index (κ1) is 30.5. The number of fused-ring (bicyclic) bond motifs is 2. The highest BCUT2D eigenvalue weighted by atomic mass is 32.2. The molecule has 1 aliphatic rings. The number of nitrogens with zero attached hydrogens (tertiary/aromatic N) is 3. The Morgan fingerprint density at radius 1 is 1.28 bits per heavy atom. The molecule has 0 radical (unpaired) electrons. The minimum absolute atomic E-state index is 0.220. The van der Waals surface area contributed by atoms with Crippen LogP contribution in [0.4, 0.5) is 15.9 Å². The van der Waals surface area contributed by atoms with Crippen LogP contribution in [0.1, 0.15) is 62.8 Å². The van der Waals surface area contributed by atoms with Gasteiger partial charge in [0.2, 0.25) is 5.91 Å². The van der Waals surface area contributed by atoms with E-state index in [0.29, 0.717) is 42.3 Å². The number of thioether (sulfide) groups is 1. The number of thiophene rings is 1. The van der Waals surface area contributed by atoms with E-state index in [0.717, 1.165) is 36.8 Å². The number of carbonyl (C=O) groups is 1. The van der Waals surface area contributed by atoms with E-state index in [-0.39, 0.29) is 23.3 Å². The Kier molecular flexibility index (Phi) is 9.31. The Morgan fingerprint density at radius 2 is 2.07 bits per heavy atom. The number of hydrogen-bond donors (Lipinski definition) is 3. The van der Waals surface area contributed by atoms with Gasteiger partial charge in [0, 0.05) is 43.0 Å². The highest BCUT2D eigenvalue weighted by molar-refractivity contribution is 8.11. The summed E-state index contributed by atoms with van der Waals surface area (Å²) in [4.78, 5) is 38.4. The molecule has 11 heteroatoms. The van der Waals surface area contributed by atoms with E-state index in [2.05, 4.69) is 20.6 Å². The third-order valence-corrected chi connectivity index (χ3v) is 10.3. The van der Waals surface area contributed by atoms with Crippen molar-refractivity contribution >= 4 is 55.5 Å². The Bertz CT molecular complexity index is 1790. The predicted molar refractivity (Wildman–Crippen MR) is 175 cm³/mol. The number of amides is 1. The number of nitrogens with two attached hydrogens (primary N) is 1. The average molecular weight is 619 g/mol. The average Bonchev–Trinajstić information content (AvgIpc) is 3.62. The first-order valence-electron chi connectivity index (χ1n) is 14.3. The van der Waals surface area contributed by atoms with Gasteiger partial charge < -0.3 is 16.4 Å². The molecule has 2 unspecified atom stereocenters. The first-order chi connectivity index (χ1) is 20.7. The van der Waals surface area contributed by atoms with Crippen LogP contribution in [0.5, 0.6) is 0 Å². The van der Waals surface area contributed by atoms with Crippen molar-refractivity contribution in [1.29, 1.82) is 0 Å². The Morgan fingerprint density at radius 3 is 2.81 bits per heavy atom. The molecule has 0 saturated heterocycles. The minimum atomic E-state index is -0.642. The number of pyridine rings is 1. The maximum Gasteiger partial charge on any atom is 0.277 e. The van der Waals surface area contributed by atoms with E-state index >= 15 is 0 Å². The van der Waals surface area contributed by atoms with Gasteiger partial charge in [-0.05, 0) is 51.8 Å². The van der Waals surface area contributed by atoms with E-state index in [4.69, 9.17) is 5.73 Å². The van der Waals surface area contributed by atoms with Gasteiger partial charge >= 0.3 is 0 Å². The van der Waals surface area contributed by atoms with Crippen molar-refractivity contribution in [2.75, 3.05) is 11.1 Å². The van der Waals surface area contributed by atoms with Crippen LogP contribution in [0.3, 0.4) is 0 Å². The highest BCUT2D eigenvalue weighted by Crippen LogP contribution is 2.40. The summed E-state index contributed by atoms with van der Waals surface area (Å²) in [5.41, 5.74) is 7.46. The number of hydrogen-bond acceptors (Lipinski definition) is 8. The van der Waals surface area contributed by atoms with Crippen LogP contribution in [0.15, 0.2) is 70.1 Å². The van der Waals surface area contributed by atoms with Gasteiger partial charge in [0.15, 0.2) is 0 Å². The van der Waals surface area contributed by atoms with E-state index in [1.807, 2.05) is 52.0 Å². The van der Waals surface area contributed by atoms with Crippen molar-refractivity contribution in [2.24, 2.45) is 0 Å². The van der Waals surface area contributed by atoms with Crippen molar-refractivity contribution in [1.82, 2.24) is 19.9 Å². The third-order valence-electron chi connectivity index (χ3n) is 7.58. The lowest BCUT2D eigenvalue weighted by atomic mass is 10.1. The molecule has 1 amide bonds. The molecule has 4 heterocycles. The zero-order chi connectivity index (χ0) is 30.7. The van der Waals surface area contributed by atoms with Crippen molar-refractivity contribution in [2.45, 2.75) is 65.6 Å². The zero-order valence-corrected chi connectivity index (χ0v) is 26.2. The van der Waals surface area contributed by atoms with E-state index in [1.165, 1.54) is 22.4 Å². The maximum atomic E-state index is 14.8. The number of nitrogen functional groups attached to an aromatic ring is 1. The number of allylic oxidation sites excluding steroid dienone is 2. The summed E-state index contributed by atoms with van der Waals surface area (Å²) < 4.78 is 17.3. The molecule has 8 nitrogen and oxygen atoms in total. The second-order valence-electron chi connectivity index (χ2n) is 10.5. The van der Waals surface area contributed by atoms with Gasteiger partial charge in [-0.3, -0.25) is 14.2 Å². The number of nitrogens with one attached hydrogen (secondary N) is 2. The Hall–Kier alpha value is -3.96. The van der Waals surface area contributed by atoms with Crippen LogP contribution in [0, 0.1) is 5.82 Å². The molecule has 4 N–H and O–H groups in total. The maximum absolute atomic E-state index is 14.8. The van der Waals surface area contributed by atoms with Gasteiger partial charge in [-0.1, -0.05) is 48.5 Å². The molecule has 224 valence electrons. The molecule has 3 aromatic heterocycles. The van der Waals surface area contributed by atoms with E-state index in [9.17, 15) is 14.0 Å². The van der Waals surface area contributed by atoms with Crippen LogP contribution in [-0.2, 0) is 17.8 Å². The third kappa shape index (κ3) is 6.52. The molecule has 1 aliphatic heterocycles. The fraction of sp³-hybridized carbons (Fsp3) is 0.312. The second-order valence-corrected chi connectivity index (χ2v) is 12.7. The summed E-state index contributed by atoms with van der Waals surface area (Å²) in [6.07, 6.45) is 7.07. The van der Waals surface area contributed by atoms with Crippen LogP contribution in [0.2, 0.25) is 0 Å². The summed E-state index contributed by atoms with van der Waals surface area (Å²) in [7, 11) is 0. The molecule has 0 saturated carbocycles. The standard InChI is InChI=1S/C32H35FN6O2S2/c1-5-18(3)30(22-9-7-8-10-23(22)33)43-26(6-2)19(4)38-24-17-36-29-12-11-25(39(29)32(24)41)31(40)37-16-21-13-20-15-35-28(34)14-27(20)42-21/h6-10,13-15,17,19,25,38H,5,11-12,16H2,1-4H3,(H2,34,35)(H,37,40)/b26-6-,30-18?. The van der Waals surface area contributed by atoms with Gasteiger partial charge in [-0.15, -0.1) is 11.3 Å². The van der Waals surface area contributed by atoms with Gasteiger partial charge in [-0.25, -0.2) is 14.4 Å². The van der Waals surface area contributed by atoms with Crippen molar-refractivity contribution in [3.8, 4) is 0 Å². The van der Waals surface area contributed by atoms with Crippen molar-refractivity contribution < 1.29 is 9.18 Å². The monoisotopic (exact) mass is 618 g/mol. The number of carbonyl (C=O) groups excluding carboxylic acids is 1. The molecule has 0 aliphatic carbocycles. The van der Waals surface area contributed by atoms with E-state index in [1.54, 1.807) is 35.9 Å². The lowest BCUT2D eigenvalue weighted by Crippen LogP contribution is -2.37. The van der Waals surface area contributed by atoms with Crippen LogP contribution in [0.25, 0.3) is 15.0 Å². The summed E-state index contributed by atoms with van der Waals surface area (Å²) in [6.45, 7) is 8.29. The molecule has 5 rings (SSSR count). The number of aryl methyl sites for hydroxylation is 1. The fourth-order valence-corrected chi connectivity index (χ4v) is 7.34. The number of benzene rings is 1. The Balaban J connectivity index is 1.31. The van der Waals surface area contributed by atoms with E-state index < -0.39 is 6.04 Å². The fourth-order valence-electron chi connectivity index (χ4n) is 5.13. The van der Waals surface area contributed by atoms with Gasteiger partial charge in [0.05, 0.1) is 18.8 Å². The summed E-state index contributed by atoms with van der Waals surface area (Å²) in [5.74, 6) is 0.558. The largest absolute Gasteiger partial charge is 0.384 e. The molecule has 0 bridgehead atoms. The molecule has 43 heavy (non-hydrogen) atoms. The second kappa shape index (κ2) is 13.1. The minimum Gasteiger partial charge on any atom is -0.384 e. The molecular formula is C32H35FN6O2S2. The summed E-state index contributed by atoms with van der Waals surface area (Å²) in [6, 6.07) is 9.67. The van der Waals surface area contributed by atoms with Crippen LogP contribution < -0.4 is 21.9 Å². The molecule has 4 aromatic rings. The summed E-state index contributed by atoms with van der Waals surface area (Å²) in [5, 5.41) is 7.27. The molecule has 1 aromatic carbocycles. The SMILES string of the molecule is C/C=C(\SC(=C(C)CC)c1ccccc1F)C(C)Nc1cnc2n(c1=O)C(C(=O)NCc1cc3cnc(N)cc3s1)CC2. The summed E-state index contributed by atoms with van der Waals surface area (Å²) >= 11 is 3.04. The number of aromatic nitrogens is 3. The lowest BCUT2D eigenvalue weighted by Gasteiger charge is -2.22. The van der Waals surface area contributed by atoms with Gasteiger partial charge in [0.25, 0.3) is 5.56 Å². The van der Waals surface area contributed by atoms with Crippen molar-refractivity contribution in [3.05, 3.63) is 97.8 Å². The topological polar surface area (TPSA) is 115 Å². The van der Waals surface area contributed by atoms with Gasteiger partial charge in [0.1, 0.15) is 29.2 Å². The number of anilines is 2. The first-order valence-corrected chi connectivity index (χ1v) is 15.9. The molecule has 2 atom stereocenters. The van der Waals surface area contributed by atoms with Crippen molar-refractivity contribution in [3.63, 3.8) is 0 Å². The molecule has 0 spiro atoms. The highest BCUT2D eigenvalue weighted by Gasteiger charge is 2.31. The van der Waals surface area contributed by atoms with Crippen LogP contribution in [-0.4, -0.2) is 26.5 Å².